The van der Waals surface area contributed by atoms with Gasteiger partial charge in [-0.05, 0) is 30.2 Å². The van der Waals surface area contributed by atoms with Crippen molar-refractivity contribution in [2.24, 2.45) is 0 Å². The molecular formula is C13H14FN3. The Morgan fingerprint density at radius 2 is 2.29 bits per heavy atom. The standard InChI is InChI=1S/C13H14FN3/c14-13-9-11(16)1-2-12(13)10-3-6-17(7-4-10)8-5-15/h1-3,9H,4,6-8,16H2. The van der Waals surface area contributed by atoms with Gasteiger partial charge in [0.05, 0.1) is 12.6 Å². The topological polar surface area (TPSA) is 53.0 Å². The predicted octanol–water partition coefficient (Wildman–Crippen LogP) is 2.02. The minimum Gasteiger partial charge on any atom is -0.399 e. The summed E-state index contributed by atoms with van der Waals surface area (Å²) in [6, 6.07) is 6.89. The third-order valence-corrected chi connectivity index (χ3v) is 2.93. The second-order valence-electron chi connectivity index (χ2n) is 4.11. The lowest BCUT2D eigenvalue weighted by molar-refractivity contribution is 0.338. The minimum absolute atomic E-state index is 0.273. The number of nitrogens with zero attached hydrogens (tertiary/aromatic N) is 2. The summed E-state index contributed by atoms with van der Waals surface area (Å²) in [5.74, 6) is -0.273. The van der Waals surface area contributed by atoms with Crippen molar-refractivity contribution in [3.05, 3.63) is 35.7 Å². The Hall–Kier alpha value is -1.86. The van der Waals surface area contributed by atoms with Gasteiger partial charge in [-0.2, -0.15) is 5.26 Å². The highest BCUT2D eigenvalue weighted by Gasteiger charge is 2.14. The van der Waals surface area contributed by atoms with Gasteiger partial charge >= 0.3 is 0 Å². The number of nitrogen functional groups attached to an aromatic ring is 1. The van der Waals surface area contributed by atoms with Gasteiger partial charge in [-0.1, -0.05) is 6.08 Å². The molecule has 17 heavy (non-hydrogen) atoms. The molecule has 3 nitrogen and oxygen atoms in total. The summed E-state index contributed by atoms with van der Waals surface area (Å²) in [5.41, 5.74) is 7.57. The molecular weight excluding hydrogens is 217 g/mol. The van der Waals surface area contributed by atoms with Gasteiger partial charge in [-0.15, -0.1) is 0 Å². The molecule has 1 aliphatic heterocycles. The van der Waals surface area contributed by atoms with Gasteiger partial charge in [0, 0.05) is 24.3 Å². The Bertz CT molecular complexity index is 488. The lowest BCUT2D eigenvalue weighted by Crippen LogP contribution is -2.28. The van der Waals surface area contributed by atoms with E-state index in [4.69, 9.17) is 11.0 Å². The van der Waals surface area contributed by atoms with Crippen LogP contribution in [-0.2, 0) is 0 Å². The molecule has 0 atom stereocenters. The fraction of sp³-hybridized carbons (Fsp3) is 0.308. The molecule has 0 aromatic heterocycles. The van der Waals surface area contributed by atoms with E-state index < -0.39 is 0 Å². The van der Waals surface area contributed by atoms with E-state index in [-0.39, 0.29) is 5.82 Å². The van der Waals surface area contributed by atoms with Crippen molar-refractivity contribution in [2.45, 2.75) is 6.42 Å². The molecule has 4 heteroatoms. The fourth-order valence-corrected chi connectivity index (χ4v) is 1.99. The molecule has 88 valence electrons. The molecule has 1 heterocycles. The first-order valence-corrected chi connectivity index (χ1v) is 5.54. The second kappa shape index (κ2) is 4.98. The van der Waals surface area contributed by atoms with Gasteiger partial charge < -0.3 is 5.73 Å². The summed E-state index contributed by atoms with van der Waals surface area (Å²) in [4.78, 5) is 2.03. The largest absolute Gasteiger partial charge is 0.399 e. The van der Waals surface area contributed by atoms with Crippen LogP contribution in [0.15, 0.2) is 24.3 Å². The Kier molecular flexibility index (Phi) is 3.40. The molecule has 2 N–H and O–H groups in total. The number of nitriles is 1. The molecule has 0 unspecified atom stereocenters. The van der Waals surface area contributed by atoms with Crippen molar-refractivity contribution in [3.63, 3.8) is 0 Å². The number of hydrogen-bond acceptors (Lipinski definition) is 3. The maximum absolute atomic E-state index is 13.7. The molecule has 0 radical (unpaired) electrons. The number of anilines is 1. The van der Waals surface area contributed by atoms with E-state index in [0.29, 0.717) is 24.3 Å². The van der Waals surface area contributed by atoms with Crippen molar-refractivity contribution in [2.75, 3.05) is 25.4 Å². The van der Waals surface area contributed by atoms with Crippen LogP contribution in [0.25, 0.3) is 5.57 Å². The van der Waals surface area contributed by atoms with Crippen molar-refractivity contribution in [1.29, 1.82) is 5.26 Å². The summed E-state index contributed by atoms with van der Waals surface area (Å²) < 4.78 is 13.7. The second-order valence-corrected chi connectivity index (χ2v) is 4.11. The van der Waals surface area contributed by atoms with Crippen molar-refractivity contribution in [1.82, 2.24) is 4.90 Å². The SMILES string of the molecule is N#CCN1CC=C(c2ccc(N)cc2F)CC1. The predicted molar refractivity (Wildman–Crippen MR) is 65.5 cm³/mol. The first-order chi connectivity index (χ1) is 8.20. The first-order valence-electron chi connectivity index (χ1n) is 5.54. The van der Waals surface area contributed by atoms with Crippen LogP contribution in [0.2, 0.25) is 0 Å². The highest BCUT2D eigenvalue weighted by molar-refractivity contribution is 5.68. The highest BCUT2D eigenvalue weighted by atomic mass is 19.1. The van der Waals surface area contributed by atoms with Crippen LogP contribution >= 0.6 is 0 Å². The molecule has 2 rings (SSSR count). The number of nitrogens with two attached hydrogens (primary N) is 1. The maximum atomic E-state index is 13.7. The maximum Gasteiger partial charge on any atom is 0.132 e. The van der Waals surface area contributed by atoms with Crippen LogP contribution < -0.4 is 5.73 Å². The molecule has 1 aromatic rings. The minimum atomic E-state index is -0.273. The zero-order valence-corrected chi connectivity index (χ0v) is 9.49. The lowest BCUT2D eigenvalue weighted by Gasteiger charge is -2.24. The van der Waals surface area contributed by atoms with E-state index in [2.05, 4.69) is 6.07 Å². The van der Waals surface area contributed by atoms with E-state index in [1.807, 2.05) is 11.0 Å². The Balaban J connectivity index is 2.17. The monoisotopic (exact) mass is 231 g/mol. The van der Waals surface area contributed by atoms with Crippen LogP contribution in [0.5, 0.6) is 0 Å². The molecule has 0 saturated carbocycles. The van der Waals surface area contributed by atoms with Gasteiger partial charge in [0.1, 0.15) is 5.82 Å². The van der Waals surface area contributed by atoms with Crippen molar-refractivity contribution in [3.8, 4) is 6.07 Å². The molecule has 0 amide bonds. The van der Waals surface area contributed by atoms with E-state index in [1.165, 1.54) is 6.07 Å². The van der Waals surface area contributed by atoms with Gasteiger partial charge in [-0.25, -0.2) is 4.39 Å². The molecule has 1 aromatic carbocycles. The third kappa shape index (κ3) is 2.63. The summed E-state index contributed by atoms with van der Waals surface area (Å²) in [7, 11) is 0. The molecule has 0 fully saturated rings. The third-order valence-electron chi connectivity index (χ3n) is 2.93. The van der Waals surface area contributed by atoms with E-state index in [1.54, 1.807) is 12.1 Å². The van der Waals surface area contributed by atoms with Crippen LogP contribution in [0, 0.1) is 17.1 Å². The van der Waals surface area contributed by atoms with Gasteiger partial charge in [-0.3, -0.25) is 4.90 Å². The van der Waals surface area contributed by atoms with Crippen LogP contribution in [-0.4, -0.2) is 24.5 Å². The Morgan fingerprint density at radius 3 is 2.88 bits per heavy atom. The molecule has 0 saturated heterocycles. The molecule has 0 aliphatic carbocycles. The van der Waals surface area contributed by atoms with Crippen LogP contribution in [0.3, 0.4) is 0 Å². The van der Waals surface area contributed by atoms with Gasteiger partial charge in [0.25, 0.3) is 0 Å². The van der Waals surface area contributed by atoms with E-state index in [0.717, 1.165) is 18.5 Å². The normalized spacial score (nSPS) is 16.4. The van der Waals surface area contributed by atoms with Gasteiger partial charge in [0.15, 0.2) is 0 Å². The number of halogens is 1. The Labute approximate surface area is 99.9 Å². The van der Waals surface area contributed by atoms with Crippen LogP contribution in [0.4, 0.5) is 10.1 Å². The average molecular weight is 231 g/mol. The molecule has 0 spiro atoms. The highest BCUT2D eigenvalue weighted by Crippen LogP contribution is 2.25. The summed E-state index contributed by atoms with van der Waals surface area (Å²) in [5, 5.41) is 8.59. The number of benzene rings is 1. The first kappa shape index (κ1) is 11.6. The summed E-state index contributed by atoms with van der Waals surface area (Å²) in [6.07, 6.45) is 2.75. The average Bonchev–Trinajstić information content (AvgIpc) is 2.31. The summed E-state index contributed by atoms with van der Waals surface area (Å²) in [6.45, 7) is 1.92. The van der Waals surface area contributed by atoms with Crippen molar-refractivity contribution < 1.29 is 4.39 Å². The zero-order valence-electron chi connectivity index (χ0n) is 9.49. The molecule has 0 bridgehead atoms. The zero-order chi connectivity index (χ0) is 12.3. The number of hydrogen-bond donors (Lipinski definition) is 1. The van der Waals surface area contributed by atoms with E-state index in [9.17, 15) is 4.39 Å². The lowest BCUT2D eigenvalue weighted by atomic mass is 9.98. The fourth-order valence-electron chi connectivity index (χ4n) is 1.99. The quantitative estimate of drug-likeness (QED) is 0.625. The summed E-state index contributed by atoms with van der Waals surface area (Å²) >= 11 is 0. The van der Waals surface area contributed by atoms with Crippen molar-refractivity contribution >= 4 is 11.3 Å². The number of rotatable bonds is 2. The molecule has 1 aliphatic rings. The smallest absolute Gasteiger partial charge is 0.132 e. The van der Waals surface area contributed by atoms with Gasteiger partial charge in [0.2, 0.25) is 0 Å². The van der Waals surface area contributed by atoms with E-state index >= 15 is 0 Å². The Morgan fingerprint density at radius 1 is 1.47 bits per heavy atom. The van der Waals surface area contributed by atoms with Crippen LogP contribution in [0.1, 0.15) is 12.0 Å².